The van der Waals surface area contributed by atoms with Crippen LogP contribution in [0.5, 0.6) is 0 Å². The molecule has 0 amide bonds. The molecule has 68 valence electrons. The molecule has 0 fully saturated rings. The number of allylic oxidation sites excluding steroid dienone is 1. The molecule has 2 nitrogen and oxygen atoms in total. The summed E-state index contributed by atoms with van der Waals surface area (Å²) in [5.74, 6) is 0. The van der Waals surface area contributed by atoms with Crippen molar-refractivity contribution in [2.24, 2.45) is 4.99 Å². The molecule has 1 atom stereocenters. The van der Waals surface area contributed by atoms with Gasteiger partial charge in [0.1, 0.15) is 0 Å². The van der Waals surface area contributed by atoms with Crippen LogP contribution in [0.25, 0.3) is 0 Å². The molecule has 1 N–H and O–H groups in total. The van der Waals surface area contributed by atoms with Crippen LogP contribution in [0.3, 0.4) is 0 Å². The molecule has 0 aromatic carbocycles. The van der Waals surface area contributed by atoms with E-state index in [-0.39, 0.29) is 0 Å². The number of aliphatic imine (C=N–C) groups is 1. The largest absolute Gasteiger partial charge is 0.317 e. The summed E-state index contributed by atoms with van der Waals surface area (Å²) >= 11 is 0. The highest BCUT2D eigenvalue weighted by atomic mass is 14.8. The molecule has 0 aliphatic carbocycles. The van der Waals surface area contributed by atoms with Gasteiger partial charge in [0.2, 0.25) is 0 Å². The lowest BCUT2D eigenvalue weighted by Crippen LogP contribution is -2.21. The van der Waals surface area contributed by atoms with Crippen LogP contribution in [0.2, 0.25) is 0 Å². The Labute approximate surface area is 75.1 Å². The minimum Gasteiger partial charge on any atom is -0.317 e. The van der Waals surface area contributed by atoms with Gasteiger partial charge in [-0.15, -0.1) is 0 Å². The Hall–Kier alpha value is -0.890. The van der Waals surface area contributed by atoms with Gasteiger partial charge >= 0.3 is 0 Å². The molecule has 0 aromatic heterocycles. The van der Waals surface area contributed by atoms with Gasteiger partial charge in [0.15, 0.2) is 0 Å². The van der Waals surface area contributed by atoms with E-state index in [9.17, 15) is 0 Å². The van der Waals surface area contributed by atoms with E-state index in [0.717, 1.165) is 6.42 Å². The maximum atomic E-state index is 3.97. The average molecular weight is 166 g/mol. The Kier molecular flexibility index (Phi) is 6.29. The second kappa shape index (κ2) is 6.80. The normalized spacial score (nSPS) is 15.1. The third-order valence-corrected chi connectivity index (χ3v) is 1.75. The van der Waals surface area contributed by atoms with E-state index in [0.29, 0.717) is 6.04 Å². The van der Waals surface area contributed by atoms with Crippen molar-refractivity contribution in [3.8, 4) is 0 Å². The van der Waals surface area contributed by atoms with E-state index in [1.54, 1.807) is 6.20 Å². The topological polar surface area (TPSA) is 24.4 Å². The minimum absolute atomic E-state index is 0.493. The van der Waals surface area contributed by atoms with E-state index >= 15 is 0 Å². The standard InChI is InChI=1S/C10H18N2/c1-5-10(8-12-6-2)7-9(3)11-4/h5-6,8-9,11H,2,7H2,1,3-4H3/b10-5-,12-8-. The Bertz CT molecular complexity index is 180. The second-order valence-corrected chi connectivity index (χ2v) is 2.72. The van der Waals surface area contributed by atoms with Gasteiger partial charge in [0.25, 0.3) is 0 Å². The highest BCUT2D eigenvalue weighted by Gasteiger charge is 1.99. The summed E-state index contributed by atoms with van der Waals surface area (Å²) in [4.78, 5) is 3.97. The molecule has 0 radical (unpaired) electrons. The second-order valence-electron chi connectivity index (χ2n) is 2.72. The number of rotatable bonds is 5. The van der Waals surface area contributed by atoms with E-state index in [2.05, 4.69) is 29.9 Å². The summed E-state index contributed by atoms with van der Waals surface area (Å²) in [7, 11) is 1.96. The molecule has 1 unspecified atom stereocenters. The van der Waals surface area contributed by atoms with Gasteiger partial charge in [-0.1, -0.05) is 12.7 Å². The van der Waals surface area contributed by atoms with Crippen LogP contribution in [0.15, 0.2) is 29.4 Å². The highest BCUT2D eigenvalue weighted by Crippen LogP contribution is 2.02. The van der Waals surface area contributed by atoms with Gasteiger partial charge in [-0.05, 0) is 32.9 Å². The summed E-state index contributed by atoms with van der Waals surface area (Å²) < 4.78 is 0. The van der Waals surface area contributed by atoms with Crippen molar-refractivity contribution in [1.29, 1.82) is 0 Å². The molecule has 2 heteroatoms. The van der Waals surface area contributed by atoms with Crippen LogP contribution in [-0.2, 0) is 0 Å². The van der Waals surface area contributed by atoms with Gasteiger partial charge in [0, 0.05) is 18.5 Å². The SMILES string of the molecule is C=C/N=C\C(=C/C)CC(C)NC. The van der Waals surface area contributed by atoms with Crippen molar-refractivity contribution >= 4 is 6.21 Å². The summed E-state index contributed by atoms with van der Waals surface area (Å²) in [5.41, 5.74) is 1.23. The maximum absolute atomic E-state index is 3.97. The Morgan fingerprint density at radius 1 is 1.67 bits per heavy atom. The minimum atomic E-state index is 0.493. The number of nitrogens with one attached hydrogen (secondary N) is 1. The average Bonchev–Trinajstić information content (AvgIpc) is 2.11. The van der Waals surface area contributed by atoms with Crippen LogP contribution < -0.4 is 5.32 Å². The Balaban J connectivity index is 4.01. The van der Waals surface area contributed by atoms with E-state index in [1.807, 2.05) is 20.2 Å². The first-order chi connectivity index (χ1) is 5.74. The molecule has 0 bridgehead atoms. The number of hydrogen-bond acceptors (Lipinski definition) is 2. The molecule has 0 aliphatic rings. The zero-order valence-corrected chi connectivity index (χ0v) is 8.17. The lowest BCUT2D eigenvalue weighted by atomic mass is 10.1. The van der Waals surface area contributed by atoms with Gasteiger partial charge in [0.05, 0.1) is 0 Å². The van der Waals surface area contributed by atoms with Crippen molar-refractivity contribution in [2.75, 3.05) is 7.05 Å². The van der Waals surface area contributed by atoms with Crippen molar-refractivity contribution < 1.29 is 0 Å². The fraction of sp³-hybridized carbons (Fsp3) is 0.500. The predicted octanol–water partition coefficient (Wildman–Crippen LogP) is 2.14. The van der Waals surface area contributed by atoms with Crippen LogP contribution in [-0.4, -0.2) is 19.3 Å². The van der Waals surface area contributed by atoms with E-state index < -0.39 is 0 Å². The van der Waals surface area contributed by atoms with Crippen molar-refractivity contribution in [3.63, 3.8) is 0 Å². The maximum Gasteiger partial charge on any atom is 0.0296 e. The molecular formula is C10H18N2. The zero-order chi connectivity index (χ0) is 9.40. The first kappa shape index (κ1) is 11.1. The summed E-state index contributed by atoms with van der Waals surface area (Å²) in [6, 6.07) is 0.493. The highest BCUT2D eigenvalue weighted by molar-refractivity contribution is 5.78. The quantitative estimate of drug-likeness (QED) is 0.622. The summed E-state index contributed by atoms with van der Waals surface area (Å²) in [6.07, 6.45) is 6.47. The van der Waals surface area contributed by atoms with Crippen LogP contribution in [0.4, 0.5) is 0 Å². The summed E-state index contributed by atoms with van der Waals surface area (Å²) in [5, 5.41) is 3.18. The molecule has 0 aliphatic heterocycles. The third-order valence-electron chi connectivity index (χ3n) is 1.75. The first-order valence-corrected chi connectivity index (χ1v) is 4.21. The van der Waals surface area contributed by atoms with Crippen molar-refractivity contribution in [1.82, 2.24) is 5.32 Å². The van der Waals surface area contributed by atoms with Crippen LogP contribution >= 0.6 is 0 Å². The molecule has 0 heterocycles. The number of hydrogen-bond donors (Lipinski definition) is 1. The molecule has 0 aromatic rings. The van der Waals surface area contributed by atoms with Crippen LogP contribution in [0.1, 0.15) is 20.3 Å². The molecule has 0 rings (SSSR count). The van der Waals surface area contributed by atoms with Crippen LogP contribution in [0, 0.1) is 0 Å². The monoisotopic (exact) mass is 166 g/mol. The fourth-order valence-electron chi connectivity index (χ4n) is 0.849. The molecule has 0 saturated carbocycles. The van der Waals surface area contributed by atoms with Gasteiger partial charge in [-0.2, -0.15) is 0 Å². The Morgan fingerprint density at radius 2 is 2.33 bits per heavy atom. The molecule has 0 saturated heterocycles. The number of nitrogens with zero attached hydrogens (tertiary/aromatic N) is 1. The van der Waals surface area contributed by atoms with Gasteiger partial charge in [-0.25, -0.2) is 0 Å². The fourth-order valence-corrected chi connectivity index (χ4v) is 0.849. The van der Waals surface area contributed by atoms with E-state index in [1.165, 1.54) is 5.57 Å². The third kappa shape index (κ3) is 4.85. The molecular weight excluding hydrogens is 148 g/mol. The summed E-state index contributed by atoms with van der Waals surface area (Å²) in [6.45, 7) is 7.69. The van der Waals surface area contributed by atoms with Crippen molar-refractivity contribution in [3.05, 3.63) is 24.4 Å². The smallest absolute Gasteiger partial charge is 0.0296 e. The molecule has 0 spiro atoms. The Morgan fingerprint density at radius 3 is 2.75 bits per heavy atom. The van der Waals surface area contributed by atoms with Crippen molar-refractivity contribution in [2.45, 2.75) is 26.3 Å². The zero-order valence-electron chi connectivity index (χ0n) is 8.17. The van der Waals surface area contributed by atoms with E-state index in [4.69, 9.17) is 0 Å². The van der Waals surface area contributed by atoms with Gasteiger partial charge < -0.3 is 5.32 Å². The molecule has 12 heavy (non-hydrogen) atoms. The van der Waals surface area contributed by atoms with Gasteiger partial charge in [-0.3, -0.25) is 4.99 Å². The lowest BCUT2D eigenvalue weighted by molar-refractivity contribution is 0.613. The first-order valence-electron chi connectivity index (χ1n) is 4.21. The lowest BCUT2D eigenvalue weighted by Gasteiger charge is -2.09. The predicted molar refractivity (Wildman–Crippen MR) is 55.6 cm³/mol.